The van der Waals surface area contributed by atoms with E-state index in [1.165, 1.54) is 28.6 Å². The highest BCUT2D eigenvalue weighted by Crippen LogP contribution is 2.24. The first kappa shape index (κ1) is 19.5. The number of Topliss-reactive ketones (excluding diaryl/α,β-unsaturated/α-hetero) is 1. The molecule has 2 aromatic carbocycles. The summed E-state index contributed by atoms with van der Waals surface area (Å²) >= 11 is 0. The molecule has 1 aliphatic rings. The molecule has 0 radical (unpaired) electrons. The lowest BCUT2D eigenvalue weighted by molar-refractivity contribution is 0.101. The number of hydrogen-bond acceptors (Lipinski definition) is 4. The molecule has 144 valence electrons. The number of rotatable bonds is 6. The van der Waals surface area contributed by atoms with Gasteiger partial charge in [0.15, 0.2) is 5.78 Å². The van der Waals surface area contributed by atoms with E-state index in [2.05, 4.69) is 12.2 Å². The number of anilines is 1. The third-order valence-corrected chi connectivity index (χ3v) is 6.77. The van der Waals surface area contributed by atoms with Gasteiger partial charge in [-0.15, -0.1) is 0 Å². The van der Waals surface area contributed by atoms with Crippen LogP contribution in [0.3, 0.4) is 0 Å². The van der Waals surface area contributed by atoms with Crippen molar-refractivity contribution in [2.75, 3.05) is 25.0 Å². The number of ketones is 1. The molecule has 1 N–H and O–H groups in total. The molecule has 1 heterocycles. The normalized spacial score (nSPS) is 16.2. The van der Waals surface area contributed by atoms with Crippen molar-refractivity contribution in [1.82, 2.24) is 4.31 Å². The molecule has 0 atom stereocenters. The molecule has 2 aromatic rings. The third kappa shape index (κ3) is 4.73. The van der Waals surface area contributed by atoms with E-state index in [0.717, 1.165) is 12.8 Å². The zero-order chi connectivity index (χ0) is 19.4. The lowest BCUT2D eigenvalue weighted by Gasteiger charge is -2.29. The van der Waals surface area contributed by atoms with Crippen LogP contribution in [0.25, 0.3) is 0 Å². The fourth-order valence-electron chi connectivity index (χ4n) is 3.04. The molecule has 0 bridgehead atoms. The van der Waals surface area contributed by atoms with Crippen LogP contribution in [0, 0.1) is 11.7 Å². The van der Waals surface area contributed by atoms with Gasteiger partial charge in [0.05, 0.1) is 11.4 Å². The first-order valence-corrected chi connectivity index (χ1v) is 10.4. The van der Waals surface area contributed by atoms with E-state index in [-0.39, 0.29) is 23.0 Å². The Labute approximate surface area is 159 Å². The zero-order valence-electron chi connectivity index (χ0n) is 15.2. The maximum Gasteiger partial charge on any atom is 0.243 e. The van der Waals surface area contributed by atoms with Gasteiger partial charge in [-0.1, -0.05) is 6.92 Å². The molecule has 0 amide bonds. The van der Waals surface area contributed by atoms with Crippen LogP contribution < -0.4 is 5.32 Å². The summed E-state index contributed by atoms with van der Waals surface area (Å²) in [6.45, 7) is 3.28. The van der Waals surface area contributed by atoms with Gasteiger partial charge in [0.2, 0.25) is 10.0 Å². The maximum atomic E-state index is 12.9. The smallest absolute Gasteiger partial charge is 0.243 e. The maximum absolute atomic E-state index is 12.9. The van der Waals surface area contributed by atoms with Crippen LogP contribution in [0.1, 0.15) is 30.1 Å². The molecular formula is C20H23FN2O3S. The minimum Gasteiger partial charge on any atom is -0.378 e. The molecule has 7 heteroatoms. The van der Waals surface area contributed by atoms with Crippen molar-refractivity contribution in [2.45, 2.75) is 24.7 Å². The Morgan fingerprint density at radius 2 is 1.67 bits per heavy atom. The summed E-state index contributed by atoms with van der Waals surface area (Å²) in [5.74, 6) is -0.00437. The van der Waals surface area contributed by atoms with Crippen LogP contribution in [-0.4, -0.2) is 38.1 Å². The second-order valence-electron chi connectivity index (χ2n) is 6.89. The number of carbonyl (C=O) groups is 1. The van der Waals surface area contributed by atoms with Crippen molar-refractivity contribution >= 4 is 21.5 Å². The highest BCUT2D eigenvalue weighted by Gasteiger charge is 2.27. The number of benzene rings is 2. The number of halogens is 1. The largest absolute Gasteiger partial charge is 0.378 e. The van der Waals surface area contributed by atoms with Crippen LogP contribution in [0.4, 0.5) is 10.1 Å². The van der Waals surface area contributed by atoms with Gasteiger partial charge in [-0.25, -0.2) is 12.8 Å². The Kier molecular flexibility index (Phi) is 5.92. The molecule has 1 saturated heterocycles. The lowest BCUT2D eigenvalue weighted by atomic mass is 10.0. The molecule has 1 fully saturated rings. The van der Waals surface area contributed by atoms with E-state index in [9.17, 15) is 17.6 Å². The van der Waals surface area contributed by atoms with Crippen LogP contribution >= 0.6 is 0 Å². The molecular weight excluding hydrogens is 367 g/mol. The first-order chi connectivity index (χ1) is 12.9. The van der Waals surface area contributed by atoms with E-state index < -0.39 is 10.0 Å². The molecule has 27 heavy (non-hydrogen) atoms. The molecule has 5 nitrogen and oxygen atoms in total. The third-order valence-electron chi connectivity index (χ3n) is 4.85. The SMILES string of the molecule is CC1CCN(S(=O)(=O)c2ccc(NCC(=O)c3ccc(F)cc3)cc2)CC1. The van der Waals surface area contributed by atoms with Crippen LogP contribution in [0.2, 0.25) is 0 Å². The van der Waals surface area contributed by atoms with Crippen molar-refractivity contribution in [2.24, 2.45) is 5.92 Å². The van der Waals surface area contributed by atoms with Gasteiger partial charge in [0, 0.05) is 24.3 Å². The van der Waals surface area contributed by atoms with E-state index in [1.807, 2.05) is 0 Å². The Morgan fingerprint density at radius 1 is 1.07 bits per heavy atom. The number of carbonyl (C=O) groups excluding carboxylic acids is 1. The van der Waals surface area contributed by atoms with Gasteiger partial charge in [0.1, 0.15) is 5.82 Å². The molecule has 0 saturated carbocycles. The minimum absolute atomic E-state index is 0.0434. The van der Waals surface area contributed by atoms with E-state index >= 15 is 0 Å². The number of hydrogen-bond donors (Lipinski definition) is 1. The first-order valence-electron chi connectivity index (χ1n) is 8.99. The summed E-state index contributed by atoms with van der Waals surface area (Å²) < 4.78 is 39.9. The molecule has 0 unspecified atom stereocenters. The summed E-state index contributed by atoms with van der Waals surface area (Å²) in [6.07, 6.45) is 1.76. The Morgan fingerprint density at radius 3 is 2.26 bits per heavy atom. The average molecular weight is 390 g/mol. The lowest BCUT2D eigenvalue weighted by Crippen LogP contribution is -2.37. The number of nitrogens with zero attached hydrogens (tertiary/aromatic N) is 1. The van der Waals surface area contributed by atoms with Gasteiger partial charge in [-0.05, 0) is 67.3 Å². The monoisotopic (exact) mass is 390 g/mol. The molecule has 3 rings (SSSR count). The highest BCUT2D eigenvalue weighted by molar-refractivity contribution is 7.89. The van der Waals surface area contributed by atoms with E-state index in [1.54, 1.807) is 24.3 Å². The Hall–Kier alpha value is -2.25. The van der Waals surface area contributed by atoms with Gasteiger partial charge < -0.3 is 5.32 Å². The van der Waals surface area contributed by atoms with Gasteiger partial charge in [-0.2, -0.15) is 4.31 Å². The summed E-state index contributed by atoms with van der Waals surface area (Å²) in [5, 5.41) is 2.97. The van der Waals surface area contributed by atoms with Crippen molar-refractivity contribution in [3.63, 3.8) is 0 Å². The van der Waals surface area contributed by atoms with E-state index in [4.69, 9.17) is 0 Å². The number of sulfonamides is 1. The average Bonchev–Trinajstić information content (AvgIpc) is 2.67. The molecule has 0 aromatic heterocycles. The van der Waals surface area contributed by atoms with Crippen LogP contribution in [-0.2, 0) is 10.0 Å². The number of nitrogens with one attached hydrogen (secondary N) is 1. The fraction of sp³-hybridized carbons (Fsp3) is 0.350. The van der Waals surface area contributed by atoms with Crippen molar-refractivity contribution in [1.29, 1.82) is 0 Å². The summed E-state index contributed by atoms with van der Waals surface area (Å²) in [4.78, 5) is 12.4. The molecule has 0 spiro atoms. The molecule has 1 aliphatic heterocycles. The predicted octanol–water partition coefficient (Wildman–Crippen LogP) is 3.54. The zero-order valence-corrected chi connectivity index (χ0v) is 16.0. The van der Waals surface area contributed by atoms with Crippen LogP contribution in [0.15, 0.2) is 53.4 Å². The number of piperidine rings is 1. The minimum atomic E-state index is -3.48. The fourth-order valence-corrected chi connectivity index (χ4v) is 4.51. The summed E-state index contributed by atoms with van der Waals surface area (Å²) in [6, 6.07) is 11.8. The van der Waals surface area contributed by atoms with Gasteiger partial charge >= 0.3 is 0 Å². The molecule has 0 aliphatic carbocycles. The van der Waals surface area contributed by atoms with Crippen LogP contribution in [0.5, 0.6) is 0 Å². The highest BCUT2D eigenvalue weighted by atomic mass is 32.2. The van der Waals surface area contributed by atoms with Gasteiger partial charge in [0.25, 0.3) is 0 Å². The van der Waals surface area contributed by atoms with Crippen molar-refractivity contribution < 1.29 is 17.6 Å². The standard InChI is InChI=1S/C20H23FN2O3S/c1-15-10-12-23(13-11-15)27(25,26)19-8-6-18(7-9-19)22-14-20(24)16-2-4-17(21)5-3-16/h2-9,15,22H,10-14H2,1H3. The predicted molar refractivity (Wildman–Crippen MR) is 103 cm³/mol. The van der Waals surface area contributed by atoms with Crippen molar-refractivity contribution in [3.05, 3.63) is 59.9 Å². The topological polar surface area (TPSA) is 66.5 Å². The second kappa shape index (κ2) is 8.19. The Balaban J connectivity index is 1.61. The quantitative estimate of drug-likeness (QED) is 0.766. The van der Waals surface area contributed by atoms with E-state index in [0.29, 0.717) is 30.3 Å². The Bertz CT molecular complexity index is 888. The summed E-state index contributed by atoms with van der Waals surface area (Å²) in [7, 11) is -3.48. The summed E-state index contributed by atoms with van der Waals surface area (Å²) in [5.41, 5.74) is 1.07. The second-order valence-corrected chi connectivity index (χ2v) is 8.83. The van der Waals surface area contributed by atoms with Crippen molar-refractivity contribution in [3.8, 4) is 0 Å². The van der Waals surface area contributed by atoms with Gasteiger partial charge in [-0.3, -0.25) is 4.79 Å².